The van der Waals surface area contributed by atoms with Crippen LogP contribution < -0.4 is 5.73 Å². The lowest BCUT2D eigenvalue weighted by molar-refractivity contribution is -0.128. The quantitative estimate of drug-likeness (QED) is 0.752. The molecule has 0 saturated heterocycles. The van der Waals surface area contributed by atoms with Crippen LogP contribution in [0.15, 0.2) is 0 Å². The van der Waals surface area contributed by atoms with Crippen LogP contribution in [0.25, 0.3) is 0 Å². The predicted octanol–water partition coefficient (Wildman–Crippen LogP) is 1.62. The molecule has 1 aliphatic rings. The van der Waals surface area contributed by atoms with Gasteiger partial charge in [0.25, 0.3) is 0 Å². The van der Waals surface area contributed by atoms with E-state index in [0.717, 1.165) is 31.3 Å². The molecule has 1 fully saturated rings. The highest BCUT2D eigenvalue weighted by molar-refractivity contribution is 5.72. The van der Waals surface area contributed by atoms with Gasteiger partial charge in [-0.05, 0) is 44.1 Å². The van der Waals surface area contributed by atoms with Crippen molar-refractivity contribution in [1.29, 1.82) is 0 Å². The Kier molecular flexibility index (Phi) is 5.09. The number of nitrogens with zero attached hydrogens (tertiary/aromatic N) is 1. The molecule has 2 N–H and O–H groups in total. The zero-order chi connectivity index (χ0) is 11.3. The number of hydrogen-bond donors (Lipinski definition) is 1. The maximum absolute atomic E-state index is 11.1. The number of rotatable bonds is 5. The summed E-state index contributed by atoms with van der Waals surface area (Å²) in [6.07, 6.45) is 6.33. The van der Waals surface area contributed by atoms with E-state index in [2.05, 4.69) is 0 Å². The molecule has 2 atom stereocenters. The van der Waals surface area contributed by atoms with Gasteiger partial charge in [0.05, 0.1) is 0 Å². The highest BCUT2D eigenvalue weighted by Gasteiger charge is 2.25. The van der Waals surface area contributed by atoms with Crippen molar-refractivity contribution < 1.29 is 4.79 Å². The number of nitrogens with two attached hydrogens (primary N) is 1. The Morgan fingerprint density at radius 2 is 2.07 bits per heavy atom. The van der Waals surface area contributed by atoms with Crippen molar-refractivity contribution in [1.82, 2.24) is 4.90 Å². The summed E-state index contributed by atoms with van der Waals surface area (Å²) in [6, 6.07) is 0. The van der Waals surface area contributed by atoms with Crippen molar-refractivity contribution in [2.24, 2.45) is 17.6 Å². The Labute approximate surface area is 93.0 Å². The molecule has 0 bridgehead atoms. The summed E-state index contributed by atoms with van der Waals surface area (Å²) in [7, 11) is 1.90. The number of amides is 1. The van der Waals surface area contributed by atoms with Crippen molar-refractivity contribution in [3.63, 3.8) is 0 Å². The first-order valence-corrected chi connectivity index (χ1v) is 6.05. The standard InChI is InChI=1S/C12H24N2O/c1-10(15)14(2)9-12-6-5-11(8-12)4-3-7-13/h11-12H,3-9,13H2,1-2H3. The average Bonchev–Trinajstić information content (AvgIpc) is 2.62. The van der Waals surface area contributed by atoms with E-state index in [1.165, 1.54) is 25.7 Å². The molecule has 0 aromatic carbocycles. The summed E-state index contributed by atoms with van der Waals surface area (Å²) in [4.78, 5) is 12.9. The number of carbonyl (C=O) groups excluding carboxylic acids is 1. The Morgan fingerprint density at radius 3 is 2.67 bits per heavy atom. The largest absolute Gasteiger partial charge is 0.346 e. The monoisotopic (exact) mass is 212 g/mol. The fraction of sp³-hybridized carbons (Fsp3) is 0.917. The van der Waals surface area contributed by atoms with Crippen molar-refractivity contribution in [2.45, 2.75) is 39.0 Å². The van der Waals surface area contributed by atoms with E-state index in [1.807, 2.05) is 11.9 Å². The van der Waals surface area contributed by atoms with Gasteiger partial charge in [0.15, 0.2) is 0 Å². The summed E-state index contributed by atoms with van der Waals surface area (Å²) >= 11 is 0. The smallest absolute Gasteiger partial charge is 0.219 e. The molecule has 0 aromatic rings. The molecular weight excluding hydrogens is 188 g/mol. The summed E-state index contributed by atoms with van der Waals surface area (Å²) < 4.78 is 0. The van der Waals surface area contributed by atoms with Gasteiger partial charge in [-0.15, -0.1) is 0 Å². The Morgan fingerprint density at radius 1 is 1.40 bits per heavy atom. The molecule has 1 rings (SSSR count). The second-order valence-electron chi connectivity index (χ2n) is 4.88. The van der Waals surface area contributed by atoms with E-state index >= 15 is 0 Å². The minimum absolute atomic E-state index is 0.181. The topological polar surface area (TPSA) is 46.3 Å². The lowest BCUT2D eigenvalue weighted by Crippen LogP contribution is -2.28. The molecule has 1 aliphatic carbocycles. The molecule has 0 heterocycles. The van der Waals surface area contributed by atoms with Crippen LogP contribution in [0.2, 0.25) is 0 Å². The maximum Gasteiger partial charge on any atom is 0.219 e. The molecule has 0 radical (unpaired) electrons. The van der Waals surface area contributed by atoms with Crippen LogP contribution in [0.5, 0.6) is 0 Å². The van der Waals surface area contributed by atoms with Crippen molar-refractivity contribution in [3.8, 4) is 0 Å². The first-order chi connectivity index (χ1) is 7.13. The van der Waals surface area contributed by atoms with Gasteiger partial charge in [-0.1, -0.05) is 6.42 Å². The summed E-state index contributed by atoms with van der Waals surface area (Å²) in [5.74, 6) is 1.76. The second-order valence-corrected chi connectivity index (χ2v) is 4.88. The van der Waals surface area contributed by atoms with E-state index < -0.39 is 0 Å². The molecule has 15 heavy (non-hydrogen) atoms. The van der Waals surface area contributed by atoms with Gasteiger partial charge in [0.1, 0.15) is 0 Å². The fourth-order valence-electron chi connectivity index (χ4n) is 2.53. The van der Waals surface area contributed by atoms with Crippen LogP contribution in [0.3, 0.4) is 0 Å². The van der Waals surface area contributed by atoms with E-state index in [0.29, 0.717) is 0 Å². The molecule has 2 unspecified atom stereocenters. The number of hydrogen-bond acceptors (Lipinski definition) is 2. The van der Waals surface area contributed by atoms with Gasteiger partial charge >= 0.3 is 0 Å². The van der Waals surface area contributed by atoms with Crippen molar-refractivity contribution >= 4 is 5.91 Å². The fourth-order valence-corrected chi connectivity index (χ4v) is 2.53. The molecule has 1 saturated carbocycles. The van der Waals surface area contributed by atoms with Crippen LogP contribution >= 0.6 is 0 Å². The third kappa shape index (κ3) is 4.20. The van der Waals surface area contributed by atoms with Crippen molar-refractivity contribution in [3.05, 3.63) is 0 Å². The van der Waals surface area contributed by atoms with Crippen molar-refractivity contribution in [2.75, 3.05) is 20.1 Å². The van der Waals surface area contributed by atoms with E-state index in [1.54, 1.807) is 6.92 Å². The zero-order valence-corrected chi connectivity index (χ0v) is 10.0. The highest BCUT2D eigenvalue weighted by atomic mass is 16.2. The average molecular weight is 212 g/mol. The molecule has 0 aliphatic heterocycles. The maximum atomic E-state index is 11.1. The van der Waals surface area contributed by atoms with Crippen LogP contribution in [0.1, 0.15) is 39.0 Å². The molecule has 88 valence electrons. The summed E-state index contributed by atoms with van der Waals surface area (Å²) in [6.45, 7) is 3.39. The SMILES string of the molecule is CC(=O)N(C)CC1CCC(CCCN)C1. The Hall–Kier alpha value is -0.570. The highest BCUT2D eigenvalue weighted by Crippen LogP contribution is 2.33. The summed E-state index contributed by atoms with van der Waals surface area (Å²) in [5.41, 5.74) is 5.51. The van der Waals surface area contributed by atoms with Crippen LogP contribution in [0.4, 0.5) is 0 Å². The first kappa shape index (κ1) is 12.5. The van der Waals surface area contributed by atoms with Crippen LogP contribution in [0, 0.1) is 11.8 Å². The predicted molar refractivity (Wildman–Crippen MR) is 62.4 cm³/mol. The first-order valence-electron chi connectivity index (χ1n) is 6.05. The lowest BCUT2D eigenvalue weighted by atomic mass is 10.00. The van der Waals surface area contributed by atoms with Gasteiger partial charge in [0.2, 0.25) is 5.91 Å². The van der Waals surface area contributed by atoms with E-state index in [-0.39, 0.29) is 5.91 Å². The van der Waals surface area contributed by atoms with Gasteiger partial charge in [-0.25, -0.2) is 0 Å². The molecular formula is C12H24N2O. The minimum Gasteiger partial charge on any atom is -0.346 e. The molecule has 0 spiro atoms. The van der Waals surface area contributed by atoms with Crippen LogP contribution in [-0.2, 0) is 4.79 Å². The van der Waals surface area contributed by atoms with Gasteiger partial charge in [-0.3, -0.25) is 4.79 Å². The third-order valence-electron chi connectivity index (χ3n) is 3.54. The Bertz CT molecular complexity index is 206. The van der Waals surface area contributed by atoms with Gasteiger partial charge in [0, 0.05) is 20.5 Å². The molecule has 3 heteroatoms. The molecule has 1 amide bonds. The van der Waals surface area contributed by atoms with Crippen LogP contribution in [-0.4, -0.2) is 30.9 Å². The third-order valence-corrected chi connectivity index (χ3v) is 3.54. The number of carbonyl (C=O) groups is 1. The zero-order valence-electron chi connectivity index (χ0n) is 10.0. The Balaban J connectivity index is 2.21. The summed E-state index contributed by atoms with van der Waals surface area (Å²) in [5, 5.41) is 0. The van der Waals surface area contributed by atoms with Gasteiger partial charge in [-0.2, -0.15) is 0 Å². The van der Waals surface area contributed by atoms with Gasteiger partial charge < -0.3 is 10.6 Å². The van der Waals surface area contributed by atoms with E-state index in [4.69, 9.17) is 5.73 Å². The lowest BCUT2D eigenvalue weighted by Gasteiger charge is -2.19. The molecule has 0 aromatic heterocycles. The molecule has 3 nitrogen and oxygen atoms in total. The second kappa shape index (κ2) is 6.11. The van der Waals surface area contributed by atoms with E-state index in [9.17, 15) is 4.79 Å². The minimum atomic E-state index is 0.181. The normalized spacial score (nSPS) is 25.5.